The molecular weight excluding hydrogens is 228 g/mol. The average molecular weight is 241 g/mol. The van der Waals surface area contributed by atoms with Crippen LogP contribution in [0.1, 0.15) is 25.0 Å². The number of hydrogen-bond acceptors (Lipinski definition) is 3. The lowest BCUT2D eigenvalue weighted by molar-refractivity contribution is 0.139. The summed E-state index contributed by atoms with van der Waals surface area (Å²) in [6, 6.07) is 0.580. The summed E-state index contributed by atoms with van der Waals surface area (Å²) in [5.41, 5.74) is 1.17. The van der Waals surface area contributed by atoms with Crippen molar-refractivity contribution in [1.29, 1.82) is 0 Å². The second kappa shape index (κ2) is 3.30. The molecule has 1 aromatic heterocycles. The van der Waals surface area contributed by atoms with E-state index in [9.17, 15) is 0 Å². The van der Waals surface area contributed by atoms with Crippen molar-refractivity contribution in [3.8, 4) is 0 Å². The van der Waals surface area contributed by atoms with E-state index >= 15 is 0 Å². The van der Waals surface area contributed by atoms with Crippen molar-refractivity contribution >= 4 is 23.1 Å². The van der Waals surface area contributed by atoms with Crippen LogP contribution >= 0.6 is 23.1 Å². The summed E-state index contributed by atoms with van der Waals surface area (Å²) in [5.74, 6) is 0. The molecule has 1 aromatic rings. The van der Waals surface area contributed by atoms with E-state index in [1.165, 1.54) is 24.4 Å². The molecule has 2 aliphatic heterocycles. The monoisotopic (exact) mass is 240 g/mol. The van der Waals surface area contributed by atoms with Crippen LogP contribution in [0.3, 0.4) is 0 Å². The molecule has 2 aliphatic rings. The van der Waals surface area contributed by atoms with Crippen LogP contribution in [0.5, 0.6) is 0 Å². The molecule has 2 atom stereocenters. The van der Waals surface area contributed by atoms with Gasteiger partial charge >= 0.3 is 0 Å². The Hall–Kier alpha value is -0.380. The molecule has 0 amide bonds. The largest absolute Gasteiger partial charge is 0.288 e. The van der Waals surface area contributed by atoms with E-state index in [4.69, 9.17) is 11.6 Å². The minimum absolute atomic E-state index is 0.0799. The van der Waals surface area contributed by atoms with Crippen molar-refractivity contribution in [2.45, 2.75) is 30.8 Å². The molecule has 2 nitrogen and oxygen atoms in total. The van der Waals surface area contributed by atoms with Crippen molar-refractivity contribution < 1.29 is 0 Å². The zero-order valence-electron chi connectivity index (χ0n) is 8.61. The Morgan fingerprint density at radius 3 is 3.27 bits per heavy atom. The molecule has 0 spiro atoms. The first-order chi connectivity index (χ1) is 7.24. The van der Waals surface area contributed by atoms with Gasteiger partial charge in [-0.25, -0.2) is 0 Å². The molecule has 0 N–H and O–H groups in total. The first-order valence-corrected chi connectivity index (χ1v) is 6.45. The maximum absolute atomic E-state index is 6.22. The molecule has 0 radical (unpaired) electrons. The quantitative estimate of drug-likeness (QED) is 0.702. The summed E-state index contributed by atoms with van der Waals surface area (Å²) in [4.78, 5) is 2.44. The highest BCUT2D eigenvalue weighted by molar-refractivity contribution is 7.04. The van der Waals surface area contributed by atoms with Gasteiger partial charge in [0.2, 0.25) is 0 Å². The van der Waals surface area contributed by atoms with E-state index in [0.717, 1.165) is 17.1 Å². The number of rotatable bonds is 1. The summed E-state index contributed by atoms with van der Waals surface area (Å²) in [6.45, 7) is 0. The molecule has 1 saturated heterocycles. The Morgan fingerprint density at radius 1 is 1.67 bits per heavy atom. The van der Waals surface area contributed by atoms with Crippen molar-refractivity contribution in [1.82, 2.24) is 9.27 Å². The number of likely N-dealkylation sites (N-methyl/N-ethyl adjacent to an activating group) is 1. The summed E-state index contributed by atoms with van der Waals surface area (Å²) in [6.07, 6.45) is 8.04. The standard InChI is InChI=1S/C11H13ClN2S/c1-14-8-3-2-5-11(14,6-4-8)10-9(12)7-15-13-10/h2-3,7-8H,4-6H2,1H3. The number of hydrogen-bond donors (Lipinski definition) is 0. The average Bonchev–Trinajstić information content (AvgIpc) is 2.69. The second-order valence-electron chi connectivity index (χ2n) is 4.39. The van der Waals surface area contributed by atoms with Crippen molar-refractivity contribution in [2.75, 3.05) is 7.05 Å². The lowest BCUT2D eigenvalue weighted by atomic mass is 9.88. The second-order valence-corrected chi connectivity index (χ2v) is 5.43. The fraction of sp³-hybridized carbons (Fsp3) is 0.545. The molecule has 2 bridgehead atoms. The highest BCUT2D eigenvalue weighted by Gasteiger charge is 2.48. The minimum Gasteiger partial charge on any atom is -0.288 e. The highest BCUT2D eigenvalue weighted by atomic mass is 35.5. The van der Waals surface area contributed by atoms with E-state index in [1.807, 2.05) is 5.38 Å². The zero-order chi connectivity index (χ0) is 10.5. The number of nitrogens with zero attached hydrogens (tertiary/aromatic N) is 2. The van der Waals surface area contributed by atoms with Gasteiger partial charge < -0.3 is 0 Å². The van der Waals surface area contributed by atoms with Crippen LogP contribution in [-0.4, -0.2) is 22.4 Å². The predicted molar refractivity (Wildman–Crippen MR) is 63.3 cm³/mol. The maximum atomic E-state index is 6.22. The zero-order valence-corrected chi connectivity index (χ0v) is 10.2. The third-order valence-electron chi connectivity index (χ3n) is 3.81. The van der Waals surface area contributed by atoms with Gasteiger partial charge in [0, 0.05) is 11.4 Å². The van der Waals surface area contributed by atoms with Crippen LogP contribution in [0.15, 0.2) is 17.5 Å². The molecule has 4 heteroatoms. The van der Waals surface area contributed by atoms with E-state index < -0.39 is 0 Å². The van der Waals surface area contributed by atoms with Gasteiger partial charge in [-0.15, -0.1) is 0 Å². The van der Waals surface area contributed by atoms with Gasteiger partial charge in [-0.3, -0.25) is 4.90 Å². The van der Waals surface area contributed by atoms with Gasteiger partial charge in [0.25, 0.3) is 0 Å². The Balaban J connectivity index is 2.11. The van der Waals surface area contributed by atoms with Gasteiger partial charge in [-0.05, 0) is 37.8 Å². The van der Waals surface area contributed by atoms with E-state index in [1.54, 1.807) is 0 Å². The van der Waals surface area contributed by atoms with Gasteiger partial charge in [0.05, 0.1) is 16.3 Å². The van der Waals surface area contributed by atoms with Crippen LogP contribution < -0.4 is 0 Å². The van der Waals surface area contributed by atoms with E-state index in [0.29, 0.717) is 6.04 Å². The highest BCUT2D eigenvalue weighted by Crippen LogP contribution is 2.48. The fourth-order valence-corrected chi connectivity index (χ4v) is 3.90. The molecular formula is C11H13ClN2S. The van der Waals surface area contributed by atoms with Crippen LogP contribution in [0.2, 0.25) is 5.02 Å². The van der Waals surface area contributed by atoms with E-state index in [2.05, 4.69) is 28.5 Å². The van der Waals surface area contributed by atoms with Crippen molar-refractivity contribution in [2.24, 2.45) is 0 Å². The fourth-order valence-electron chi connectivity index (χ4n) is 2.88. The molecule has 3 heterocycles. The van der Waals surface area contributed by atoms with Crippen LogP contribution in [-0.2, 0) is 5.54 Å². The Bertz CT molecular complexity index is 414. The molecule has 0 saturated carbocycles. The molecule has 80 valence electrons. The summed E-state index contributed by atoms with van der Waals surface area (Å²) in [5, 5.41) is 2.77. The lowest BCUT2D eigenvalue weighted by Gasteiger charge is -2.39. The lowest BCUT2D eigenvalue weighted by Crippen LogP contribution is -2.43. The van der Waals surface area contributed by atoms with Crippen molar-refractivity contribution in [3.63, 3.8) is 0 Å². The number of fused-ring (bicyclic) bond motifs is 2. The third kappa shape index (κ3) is 1.23. The molecule has 1 fully saturated rings. The van der Waals surface area contributed by atoms with Crippen LogP contribution in [0.25, 0.3) is 0 Å². The number of aromatic nitrogens is 1. The van der Waals surface area contributed by atoms with Gasteiger partial charge in [0.15, 0.2) is 0 Å². The minimum atomic E-state index is 0.0799. The summed E-state index contributed by atoms with van der Waals surface area (Å²) >= 11 is 7.68. The van der Waals surface area contributed by atoms with Gasteiger partial charge in [-0.2, -0.15) is 4.37 Å². The topological polar surface area (TPSA) is 16.1 Å². The Labute approximate surface area is 98.7 Å². The summed E-state index contributed by atoms with van der Waals surface area (Å²) in [7, 11) is 2.19. The van der Waals surface area contributed by atoms with Gasteiger partial charge in [0.1, 0.15) is 0 Å². The maximum Gasteiger partial charge on any atom is 0.0934 e. The molecule has 2 unspecified atom stereocenters. The third-order valence-corrected chi connectivity index (χ3v) is 4.85. The number of halogens is 1. The Morgan fingerprint density at radius 2 is 2.53 bits per heavy atom. The smallest absolute Gasteiger partial charge is 0.0934 e. The van der Waals surface area contributed by atoms with Crippen LogP contribution in [0.4, 0.5) is 0 Å². The normalized spacial score (nSPS) is 34.9. The molecule has 0 aromatic carbocycles. The Kier molecular flexibility index (Phi) is 2.16. The SMILES string of the molecule is CN1C2C=CCC1(c1nscc1Cl)CC2. The van der Waals surface area contributed by atoms with Gasteiger partial charge in [-0.1, -0.05) is 23.8 Å². The molecule has 0 aliphatic carbocycles. The van der Waals surface area contributed by atoms with Crippen LogP contribution in [0, 0.1) is 0 Å². The summed E-state index contributed by atoms with van der Waals surface area (Å²) < 4.78 is 4.49. The first kappa shape index (κ1) is 9.82. The molecule has 15 heavy (non-hydrogen) atoms. The predicted octanol–water partition coefficient (Wildman–Crippen LogP) is 3.05. The first-order valence-electron chi connectivity index (χ1n) is 5.24. The molecule has 3 rings (SSSR count). The van der Waals surface area contributed by atoms with E-state index in [-0.39, 0.29) is 5.54 Å². The van der Waals surface area contributed by atoms with Crippen molar-refractivity contribution in [3.05, 3.63) is 28.2 Å².